The molecule has 0 aromatic heterocycles. The van der Waals surface area contributed by atoms with Crippen molar-refractivity contribution in [2.75, 3.05) is 0 Å². The predicted molar refractivity (Wildman–Crippen MR) is 141 cm³/mol. The van der Waals surface area contributed by atoms with Crippen molar-refractivity contribution in [3.8, 4) is 0 Å². The molecule has 0 amide bonds. The van der Waals surface area contributed by atoms with Crippen LogP contribution in [0, 0.1) is 0 Å². The number of benzene rings is 4. The molecule has 6 rings (SSSR count). The van der Waals surface area contributed by atoms with Crippen LogP contribution in [-0.2, 0) is 9.05 Å². The van der Waals surface area contributed by atoms with Crippen LogP contribution in [0.1, 0.15) is 22.3 Å². The molecule has 4 aromatic rings. The second-order valence-corrected chi connectivity index (χ2v) is 10.7. The Balaban J connectivity index is 1.35. The summed E-state index contributed by atoms with van der Waals surface area (Å²) in [6.07, 6.45) is 3.95. The van der Waals surface area contributed by atoms with Crippen LogP contribution in [-0.4, -0.2) is 4.89 Å². The van der Waals surface area contributed by atoms with Gasteiger partial charge in [-0.05, 0) is 47.5 Å². The van der Waals surface area contributed by atoms with Gasteiger partial charge in [0.2, 0.25) is 0 Å². The van der Waals surface area contributed by atoms with Crippen molar-refractivity contribution in [3.63, 3.8) is 0 Å². The maximum absolute atomic E-state index is 11.0. The summed E-state index contributed by atoms with van der Waals surface area (Å²) in [6, 6.07) is 32.5. The van der Waals surface area contributed by atoms with Crippen molar-refractivity contribution < 1.29 is 13.9 Å². The molecular formula is C28H19O3PS2. The van der Waals surface area contributed by atoms with Crippen LogP contribution in [0.25, 0.3) is 23.7 Å². The molecule has 0 unspecified atom stereocenters. The monoisotopic (exact) mass is 498 g/mol. The third kappa shape index (κ3) is 4.28. The van der Waals surface area contributed by atoms with Crippen molar-refractivity contribution >= 4 is 55.8 Å². The Labute approximate surface area is 208 Å². The van der Waals surface area contributed by atoms with Crippen LogP contribution in [0.3, 0.4) is 0 Å². The van der Waals surface area contributed by atoms with Crippen LogP contribution >= 0.6 is 32.1 Å². The zero-order chi connectivity index (χ0) is 22.9. The van der Waals surface area contributed by atoms with Crippen molar-refractivity contribution in [1.29, 1.82) is 0 Å². The van der Waals surface area contributed by atoms with Gasteiger partial charge in [0.1, 0.15) is 11.5 Å². The molecule has 0 saturated carbocycles. The molecule has 0 fully saturated rings. The molecule has 2 heterocycles. The number of fused-ring (bicyclic) bond motifs is 4. The Morgan fingerprint density at radius 3 is 1.35 bits per heavy atom. The Morgan fingerprint density at radius 2 is 0.882 bits per heavy atom. The highest BCUT2D eigenvalue weighted by Crippen LogP contribution is 2.50. The second-order valence-electron chi connectivity index (χ2n) is 7.71. The van der Waals surface area contributed by atoms with Crippen LogP contribution in [0.5, 0.6) is 0 Å². The van der Waals surface area contributed by atoms with Gasteiger partial charge in [-0.15, -0.1) is 0 Å². The minimum atomic E-state index is -2.23. The lowest BCUT2D eigenvalue weighted by molar-refractivity contribution is 0.348. The molecule has 2 aliphatic heterocycles. The van der Waals surface area contributed by atoms with Gasteiger partial charge in [-0.25, -0.2) is 0 Å². The zero-order valence-corrected chi connectivity index (χ0v) is 20.4. The lowest BCUT2D eigenvalue weighted by Gasteiger charge is -2.18. The van der Waals surface area contributed by atoms with E-state index < -0.39 is 8.60 Å². The van der Waals surface area contributed by atoms with Gasteiger partial charge >= 0.3 is 8.60 Å². The van der Waals surface area contributed by atoms with Crippen molar-refractivity contribution in [1.82, 2.24) is 0 Å². The maximum atomic E-state index is 11.0. The highest BCUT2D eigenvalue weighted by atomic mass is 32.2. The van der Waals surface area contributed by atoms with Crippen molar-refractivity contribution in [2.24, 2.45) is 0 Å². The standard InChI is InChI=1S/C28H19O3PS2/c29-32(30-23-17-19-9-1-5-13-25(19)33-27-15-7-3-11-21(23)27)31-24-18-20-10-2-6-14-26(20)34-28-16-8-4-12-22(24)28/h1-18,29H. The summed E-state index contributed by atoms with van der Waals surface area (Å²) in [7, 11) is -2.23. The first-order valence-electron chi connectivity index (χ1n) is 10.8. The summed E-state index contributed by atoms with van der Waals surface area (Å²) in [6.45, 7) is 0. The molecular weight excluding hydrogens is 479 g/mol. The lowest BCUT2D eigenvalue weighted by atomic mass is 10.1. The fourth-order valence-corrected chi connectivity index (χ4v) is 6.70. The molecule has 0 saturated heterocycles. The summed E-state index contributed by atoms with van der Waals surface area (Å²) in [5, 5.41) is 0. The van der Waals surface area contributed by atoms with E-state index in [2.05, 4.69) is 36.4 Å². The first-order valence-corrected chi connectivity index (χ1v) is 13.5. The summed E-state index contributed by atoms with van der Waals surface area (Å²) in [4.78, 5) is 15.4. The molecule has 6 heteroatoms. The fraction of sp³-hybridized carbons (Fsp3) is 0. The topological polar surface area (TPSA) is 38.7 Å². The second kappa shape index (κ2) is 9.36. The highest BCUT2D eigenvalue weighted by molar-refractivity contribution is 7.99. The molecule has 0 aliphatic carbocycles. The first-order chi connectivity index (χ1) is 16.7. The Bertz CT molecular complexity index is 1340. The third-order valence-corrected chi connectivity index (χ3v) is 8.55. The van der Waals surface area contributed by atoms with Crippen LogP contribution in [0.15, 0.2) is 117 Å². The quantitative estimate of drug-likeness (QED) is 0.285. The Hall–Kier alpha value is -2.95. The van der Waals surface area contributed by atoms with Crippen LogP contribution in [0.2, 0.25) is 0 Å². The van der Waals surface area contributed by atoms with E-state index in [1.165, 1.54) is 0 Å². The first kappa shape index (κ1) is 21.6. The van der Waals surface area contributed by atoms with Crippen molar-refractivity contribution in [2.45, 2.75) is 19.6 Å². The molecule has 0 radical (unpaired) electrons. The molecule has 1 N–H and O–H groups in total. The van der Waals surface area contributed by atoms with E-state index in [1.807, 2.05) is 72.8 Å². The molecule has 4 aromatic carbocycles. The summed E-state index contributed by atoms with van der Waals surface area (Å²) < 4.78 is 12.2. The van der Waals surface area contributed by atoms with E-state index in [-0.39, 0.29) is 0 Å². The summed E-state index contributed by atoms with van der Waals surface area (Å²) in [5.41, 5.74) is 3.97. The van der Waals surface area contributed by atoms with Gasteiger partial charge in [-0.1, -0.05) is 96.3 Å². The highest BCUT2D eigenvalue weighted by Gasteiger charge is 2.24. The van der Waals surface area contributed by atoms with Gasteiger partial charge in [-0.3, -0.25) is 0 Å². The number of hydrogen-bond acceptors (Lipinski definition) is 5. The molecule has 0 atom stereocenters. The van der Waals surface area contributed by atoms with E-state index in [0.29, 0.717) is 11.5 Å². The average Bonchev–Trinajstić information content (AvgIpc) is 3.11. The lowest BCUT2D eigenvalue weighted by Crippen LogP contribution is -1.94. The smallest absolute Gasteiger partial charge is 0.417 e. The maximum Gasteiger partial charge on any atom is 0.460 e. The molecule has 3 nitrogen and oxygen atoms in total. The van der Waals surface area contributed by atoms with Gasteiger partial charge in [0, 0.05) is 30.7 Å². The Kier molecular flexibility index (Phi) is 5.94. The van der Waals surface area contributed by atoms with Crippen LogP contribution in [0.4, 0.5) is 0 Å². The van der Waals surface area contributed by atoms with E-state index in [1.54, 1.807) is 23.5 Å². The third-order valence-electron chi connectivity index (χ3n) is 5.51. The van der Waals surface area contributed by atoms with E-state index >= 15 is 0 Å². The average molecular weight is 499 g/mol. The summed E-state index contributed by atoms with van der Waals surface area (Å²) >= 11 is 3.39. The SMILES string of the molecule is OP(OC1=Cc2ccccc2Sc2ccccc21)OC1=Cc2ccccc2Sc2ccccc21. The molecule has 34 heavy (non-hydrogen) atoms. The molecule has 166 valence electrons. The molecule has 2 aliphatic rings. The zero-order valence-electron chi connectivity index (χ0n) is 17.9. The normalized spacial score (nSPS) is 13.8. The van der Waals surface area contributed by atoms with E-state index in [9.17, 15) is 4.89 Å². The number of rotatable bonds is 4. The van der Waals surface area contributed by atoms with E-state index in [0.717, 1.165) is 41.8 Å². The number of hydrogen-bond donors (Lipinski definition) is 1. The fourth-order valence-electron chi connectivity index (χ4n) is 3.92. The van der Waals surface area contributed by atoms with Gasteiger partial charge in [0.25, 0.3) is 0 Å². The summed E-state index contributed by atoms with van der Waals surface area (Å²) in [5.74, 6) is 1.19. The largest absolute Gasteiger partial charge is 0.460 e. The van der Waals surface area contributed by atoms with Gasteiger partial charge in [-0.2, -0.15) is 0 Å². The van der Waals surface area contributed by atoms with Gasteiger partial charge < -0.3 is 13.9 Å². The minimum absolute atomic E-state index is 0.596. The minimum Gasteiger partial charge on any atom is -0.417 e. The Morgan fingerprint density at radius 1 is 0.500 bits per heavy atom. The molecule has 0 bridgehead atoms. The van der Waals surface area contributed by atoms with E-state index in [4.69, 9.17) is 9.05 Å². The van der Waals surface area contributed by atoms with Crippen LogP contribution < -0.4 is 0 Å². The molecule has 0 spiro atoms. The predicted octanol–water partition coefficient (Wildman–Crippen LogP) is 8.56. The van der Waals surface area contributed by atoms with Gasteiger partial charge in [0.05, 0.1) is 0 Å². The van der Waals surface area contributed by atoms with Crippen molar-refractivity contribution in [3.05, 3.63) is 119 Å². The van der Waals surface area contributed by atoms with Gasteiger partial charge in [0.15, 0.2) is 0 Å².